The molecule has 0 aromatic heterocycles. The number of likely N-dealkylation sites (tertiary alicyclic amines) is 1. The van der Waals surface area contributed by atoms with Crippen LogP contribution < -0.4 is 10.6 Å². The summed E-state index contributed by atoms with van der Waals surface area (Å²) in [5, 5.41) is 6.29. The molecule has 3 aliphatic heterocycles. The summed E-state index contributed by atoms with van der Waals surface area (Å²) in [7, 11) is 0. The van der Waals surface area contributed by atoms with Crippen LogP contribution in [0.15, 0.2) is 42.5 Å². The molecule has 1 spiro atoms. The molecular weight excluding hydrogens is 418 g/mol. The van der Waals surface area contributed by atoms with E-state index in [-0.39, 0.29) is 29.8 Å². The minimum absolute atomic E-state index is 0.125. The molecule has 1 aromatic carbocycles. The highest BCUT2D eigenvalue weighted by molar-refractivity contribution is 6.00. The Morgan fingerprint density at radius 2 is 1.67 bits per heavy atom. The maximum absolute atomic E-state index is 13.9. The first-order valence-electron chi connectivity index (χ1n) is 12.4. The first kappa shape index (κ1) is 20.9. The number of nitrogens with one attached hydrogen (secondary N) is 2. The maximum atomic E-state index is 13.9. The zero-order valence-corrected chi connectivity index (χ0v) is 18.7. The fourth-order valence-corrected chi connectivity index (χ4v) is 6.27. The molecule has 0 unspecified atom stereocenters. The minimum Gasteiger partial charge on any atom is -0.359 e. The van der Waals surface area contributed by atoms with E-state index in [1.54, 1.807) is 4.90 Å². The number of rotatable bonds is 6. The van der Waals surface area contributed by atoms with E-state index in [0.717, 1.165) is 44.1 Å². The van der Waals surface area contributed by atoms with Crippen molar-refractivity contribution < 1.29 is 19.1 Å². The predicted molar refractivity (Wildman–Crippen MR) is 121 cm³/mol. The summed E-state index contributed by atoms with van der Waals surface area (Å²) in [6.07, 6.45) is 10.6. The molecule has 0 radical (unpaired) electrons. The van der Waals surface area contributed by atoms with Gasteiger partial charge in [-0.2, -0.15) is 0 Å². The van der Waals surface area contributed by atoms with Gasteiger partial charge in [0.2, 0.25) is 17.7 Å². The molecule has 2 aliphatic carbocycles. The van der Waals surface area contributed by atoms with Crippen LogP contribution in [0.5, 0.6) is 0 Å². The van der Waals surface area contributed by atoms with E-state index >= 15 is 0 Å². The lowest BCUT2D eigenvalue weighted by atomic mass is 9.74. The van der Waals surface area contributed by atoms with Crippen molar-refractivity contribution in [1.29, 1.82) is 0 Å². The summed E-state index contributed by atoms with van der Waals surface area (Å²) in [5.41, 5.74) is -0.129. The van der Waals surface area contributed by atoms with Crippen molar-refractivity contribution in [2.45, 2.75) is 81.3 Å². The van der Waals surface area contributed by atoms with Crippen LogP contribution in [0.4, 0.5) is 0 Å². The number of fused-ring (bicyclic) bond motifs is 1. The zero-order chi connectivity index (χ0) is 22.6. The molecule has 2 N–H and O–H groups in total. The lowest BCUT2D eigenvalue weighted by molar-refractivity contribution is -0.142. The molecule has 5 atom stereocenters. The van der Waals surface area contributed by atoms with Crippen molar-refractivity contribution in [1.82, 2.24) is 15.5 Å². The van der Waals surface area contributed by atoms with Gasteiger partial charge in [-0.1, -0.05) is 61.7 Å². The molecule has 3 heterocycles. The maximum Gasteiger partial charge on any atom is 0.246 e. The Labute approximate surface area is 193 Å². The molecule has 4 fully saturated rings. The Balaban J connectivity index is 1.33. The number of amides is 3. The molecule has 2 saturated heterocycles. The van der Waals surface area contributed by atoms with Crippen LogP contribution in [-0.4, -0.2) is 52.5 Å². The minimum atomic E-state index is -1.08. The van der Waals surface area contributed by atoms with Gasteiger partial charge in [0.15, 0.2) is 0 Å². The average Bonchev–Trinajstić information content (AvgIpc) is 3.37. The van der Waals surface area contributed by atoms with Gasteiger partial charge in [0.25, 0.3) is 0 Å². The van der Waals surface area contributed by atoms with Crippen molar-refractivity contribution in [3.63, 3.8) is 0 Å². The Morgan fingerprint density at radius 3 is 2.39 bits per heavy atom. The number of hydrogen-bond donors (Lipinski definition) is 2. The first-order chi connectivity index (χ1) is 16.1. The summed E-state index contributed by atoms with van der Waals surface area (Å²) in [6, 6.07) is 9.27. The van der Waals surface area contributed by atoms with Crippen molar-refractivity contribution >= 4 is 17.7 Å². The lowest BCUT2D eigenvalue weighted by Crippen LogP contribution is -2.56. The van der Waals surface area contributed by atoms with Crippen LogP contribution in [0, 0.1) is 11.8 Å². The molecule has 2 saturated carbocycles. The van der Waals surface area contributed by atoms with Crippen molar-refractivity contribution in [3.05, 3.63) is 48.0 Å². The van der Waals surface area contributed by atoms with Crippen LogP contribution in [0.1, 0.15) is 50.5 Å². The summed E-state index contributed by atoms with van der Waals surface area (Å²) in [5.74, 6) is -1.71. The Kier molecular flexibility index (Phi) is 5.05. The standard InChI is InChI=1S/C26H31N3O4/c30-23(27-18-11-12-18)20-19-13-14-26(33-19)21(20)25(32)29(15-16-7-3-1-4-8-16)22(26)24(31)28-17-9-5-2-6-10-17/h1,3-4,7-8,13-14,17-22H,2,5-6,9-12,15H2,(H,27,30)(H,28,31)/t19-,20+,21-,22+,26-/m1/s1. The number of hydrogen-bond acceptors (Lipinski definition) is 4. The molecule has 7 nitrogen and oxygen atoms in total. The van der Waals surface area contributed by atoms with E-state index < -0.39 is 29.6 Å². The van der Waals surface area contributed by atoms with Crippen LogP contribution in [-0.2, 0) is 25.7 Å². The highest BCUT2D eigenvalue weighted by Gasteiger charge is 2.72. The highest BCUT2D eigenvalue weighted by atomic mass is 16.5. The number of benzene rings is 1. The molecule has 1 aromatic rings. The van der Waals surface area contributed by atoms with Gasteiger partial charge in [-0.3, -0.25) is 14.4 Å². The van der Waals surface area contributed by atoms with Crippen LogP contribution >= 0.6 is 0 Å². The van der Waals surface area contributed by atoms with Crippen molar-refractivity contribution in [3.8, 4) is 0 Å². The Morgan fingerprint density at radius 1 is 0.970 bits per heavy atom. The van der Waals surface area contributed by atoms with E-state index in [0.29, 0.717) is 6.54 Å². The average molecular weight is 450 g/mol. The highest BCUT2D eigenvalue weighted by Crippen LogP contribution is 2.55. The predicted octanol–water partition coefficient (Wildman–Crippen LogP) is 2.06. The normalized spacial score (nSPS) is 35.0. The third kappa shape index (κ3) is 3.48. The van der Waals surface area contributed by atoms with Gasteiger partial charge in [-0.05, 0) is 31.2 Å². The fraction of sp³-hybridized carbons (Fsp3) is 0.577. The molecule has 2 bridgehead atoms. The van der Waals surface area contributed by atoms with Gasteiger partial charge in [0.05, 0.1) is 17.9 Å². The number of carbonyl (C=O) groups excluding carboxylic acids is 3. The van der Waals surface area contributed by atoms with Gasteiger partial charge >= 0.3 is 0 Å². The third-order valence-electron chi connectivity index (χ3n) is 8.00. The molecule has 3 amide bonds. The summed E-state index contributed by atoms with van der Waals surface area (Å²) in [4.78, 5) is 42.4. The van der Waals surface area contributed by atoms with Crippen LogP contribution in [0.3, 0.4) is 0 Å². The second kappa shape index (κ2) is 7.97. The number of ether oxygens (including phenoxy) is 1. The second-order valence-electron chi connectivity index (χ2n) is 10.3. The fourth-order valence-electron chi connectivity index (χ4n) is 6.27. The smallest absolute Gasteiger partial charge is 0.246 e. The van der Waals surface area contributed by atoms with Crippen LogP contribution in [0.25, 0.3) is 0 Å². The SMILES string of the molecule is O=C(NC1CC1)[C@H]1[C@H]2C=C[C@]3(O2)[C@H](C(=O)NC2CCCCC2)N(Cc2ccccc2)C(=O)[C@@H]13. The Bertz CT molecular complexity index is 985. The van der Waals surface area contributed by atoms with E-state index in [1.165, 1.54) is 6.42 Å². The molecule has 174 valence electrons. The molecule has 6 rings (SSSR count). The van der Waals surface area contributed by atoms with Crippen LogP contribution in [0.2, 0.25) is 0 Å². The summed E-state index contributed by atoms with van der Waals surface area (Å²) < 4.78 is 6.39. The largest absolute Gasteiger partial charge is 0.359 e. The second-order valence-corrected chi connectivity index (χ2v) is 10.3. The quantitative estimate of drug-likeness (QED) is 0.651. The molecule has 33 heavy (non-hydrogen) atoms. The first-order valence-corrected chi connectivity index (χ1v) is 12.4. The Hall–Kier alpha value is -2.67. The lowest BCUT2D eigenvalue weighted by Gasteiger charge is -2.34. The monoisotopic (exact) mass is 449 g/mol. The van der Waals surface area contributed by atoms with E-state index in [9.17, 15) is 14.4 Å². The van der Waals surface area contributed by atoms with Crippen molar-refractivity contribution in [2.24, 2.45) is 11.8 Å². The summed E-state index contributed by atoms with van der Waals surface area (Å²) in [6.45, 7) is 0.319. The summed E-state index contributed by atoms with van der Waals surface area (Å²) >= 11 is 0. The number of nitrogens with zero attached hydrogens (tertiary/aromatic N) is 1. The van der Waals surface area contributed by atoms with Gasteiger partial charge in [-0.25, -0.2) is 0 Å². The van der Waals surface area contributed by atoms with E-state index in [4.69, 9.17) is 4.74 Å². The number of carbonyl (C=O) groups is 3. The van der Waals surface area contributed by atoms with E-state index in [2.05, 4.69) is 10.6 Å². The zero-order valence-electron chi connectivity index (χ0n) is 18.7. The van der Waals surface area contributed by atoms with Gasteiger partial charge < -0.3 is 20.3 Å². The molecule has 5 aliphatic rings. The van der Waals surface area contributed by atoms with E-state index in [1.807, 2.05) is 42.5 Å². The topological polar surface area (TPSA) is 87.7 Å². The molecular formula is C26H31N3O4. The van der Waals surface area contributed by atoms with Gasteiger partial charge in [0.1, 0.15) is 11.6 Å². The van der Waals surface area contributed by atoms with Gasteiger partial charge in [-0.15, -0.1) is 0 Å². The van der Waals surface area contributed by atoms with Gasteiger partial charge in [0, 0.05) is 18.6 Å². The molecule has 7 heteroatoms. The third-order valence-corrected chi connectivity index (χ3v) is 8.00. The van der Waals surface area contributed by atoms with Crippen molar-refractivity contribution in [2.75, 3.05) is 0 Å².